The van der Waals surface area contributed by atoms with Gasteiger partial charge in [0.15, 0.2) is 0 Å². The number of hydrogen-bond acceptors (Lipinski definition) is 4. The van der Waals surface area contributed by atoms with Gasteiger partial charge in [0.05, 0.1) is 28.1 Å². The van der Waals surface area contributed by atoms with E-state index in [-0.39, 0.29) is 23.3 Å². The van der Waals surface area contributed by atoms with Crippen LogP contribution in [0.5, 0.6) is 5.75 Å². The Bertz CT molecular complexity index is 1750. The minimum Gasteiger partial charge on any atom is -0.434 e. The average Bonchev–Trinajstić information content (AvgIpc) is 3.35. The fraction of sp³-hybridized carbons (Fsp3) is 0.259. The van der Waals surface area contributed by atoms with Gasteiger partial charge >= 0.3 is 6.61 Å². The zero-order valence-corrected chi connectivity index (χ0v) is 21.4. The van der Waals surface area contributed by atoms with Crippen LogP contribution in [0.2, 0.25) is 5.02 Å². The molecule has 0 unspecified atom stereocenters. The van der Waals surface area contributed by atoms with Crippen molar-refractivity contribution in [3.63, 3.8) is 0 Å². The molecule has 4 aromatic rings. The van der Waals surface area contributed by atoms with Crippen LogP contribution in [0, 0.1) is 0 Å². The van der Waals surface area contributed by atoms with E-state index >= 15 is 0 Å². The number of nitrogens with zero attached hydrogens (tertiary/aromatic N) is 3. The van der Waals surface area contributed by atoms with Crippen molar-refractivity contribution in [2.45, 2.75) is 25.1 Å². The molecule has 0 radical (unpaired) electrons. The molecule has 10 heteroatoms. The zero-order valence-electron chi connectivity index (χ0n) is 22.8. The molecule has 0 spiro atoms. The summed E-state index contributed by atoms with van der Waals surface area (Å²) in [5.41, 5.74) is 2.91. The maximum absolute atomic E-state index is 13.6. The van der Waals surface area contributed by atoms with E-state index < -0.39 is 38.7 Å². The molecule has 0 saturated carbocycles. The van der Waals surface area contributed by atoms with E-state index in [1.807, 2.05) is 22.8 Å². The number of alkyl halides is 2. The maximum Gasteiger partial charge on any atom is 0.387 e. The van der Waals surface area contributed by atoms with Gasteiger partial charge < -0.3 is 18.8 Å². The summed E-state index contributed by atoms with van der Waals surface area (Å²) >= 11 is 6.48. The molecule has 37 heavy (non-hydrogen) atoms. The first-order valence-electron chi connectivity index (χ1n) is 13.0. The van der Waals surface area contributed by atoms with E-state index in [1.165, 1.54) is 18.2 Å². The summed E-state index contributed by atoms with van der Waals surface area (Å²) in [6.45, 7) is -2.65. The SMILES string of the molecule is [2H]C([2H])([2H])N1C(=O)c2cccc(OC(F)F)c2[C@H]2C[C@@H]1c1nc3ccc(-c4ccc(P(C)(C)=O)c(Cl)c4)cc3n12. The lowest BCUT2D eigenvalue weighted by Gasteiger charge is -2.24. The molecule has 2 aliphatic heterocycles. The van der Waals surface area contributed by atoms with E-state index in [9.17, 15) is 18.1 Å². The molecule has 190 valence electrons. The first-order chi connectivity index (χ1) is 18.8. The van der Waals surface area contributed by atoms with Gasteiger partial charge in [0.2, 0.25) is 0 Å². The summed E-state index contributed by atoms with van der Waals surface area (Å²) in [7, 11) is -2.58. The number of aromatic nitrogens is 2. The molecule has 0 fully saturated rings. The van der Waals surface area contributed by atoms with Crippen LogP contribution in [0.4, 0.5) is 8.78 Å². The van der Waals surface area contributed by atoms with Gasteiger partial charge in [-0.3, -0.25) is 4.79 Å². The van der Waals surface area contributed by atoms with Crippen molar-refractivity contribution in [1.82, 2.24) is 14.5 Å². The molecule has 3 heterocycles. The van der Waals surface area contributed by atoms with Gasteiger partial charge in [-0.2, -0.15) is 8.78 Å². The van der Waals surface area contributed by atoms with Gasteiger partial charge in [-0.25, -0.2) is 4.98 Å². The van der Waals surface area contributed by atoms with Gasteiger partial charge in [-0.15, -0.1) is 0 Å². The van der Waals surface area contributed by atoms with Gasteiger partial charge in [0.25, 0.3) is 5.91 Å². The molecular weight excluding hydrogens is 519 g/mol. The highest BCUT2D eigenvalue weighted by molar-refractivity contribution is 7.70. The second kappa shape index (κ2) is 8.40. The third-order valence-electron chi connectivity index (χ3n) is 7.01. The van der Waals surface area contributed by atoms with Crippen LogP contribution in [0.15, 0.2) is 54.6 Å². The van der Waals surface area contributed by atoms with Crippen LogP contribution < -0.4 is 10.0 Å². The fourth-order valence-electron chi connectivity index (χ4n) is 5.41. The van der Waals surface area contributed by atoms with Gasteiger partial charge in [-0.1, -0.05) is 29.8 Å². The minimum atomic E-state index is -3.14. The highest BCUT2D eigenvalue weighted by Gasteiger charge is 2.45. The number of ether oxygens (including phenoxy) is 1. The number of imidazole rings is 1. The van der Waals surface area contributed by atoms with E-state index in [1.54, 1.807) is 31.5 Å². The second-order valence-electron chi connectivity index (χ2n) is 9.60. The summed E-state index contributed by atoms with van der Waals surface area (Å²) in [6, 6.07) is 13.4. The first kappa shape index (κ1) is 20.8. The van der Waals surface area contributed by atoms with Crippen LogP contribution >= 0.6 is 18.7 Å². The van der Waals surface area contributed by atoms with Crippen molar-refractivity contribution in [1.29, 1.82) is 0 Å². The molecular formula is C27H23ClF2N3O3P. The minimum absolute atomic E-state index is 0.00337. The largest absolute Gasteiger partial charge is 0.434 e. The number of halogens is 3. The molecule has 0 N–H and O–H groups in total. The monoisotopic (exact) mass is 544 g/mol. The molecule has 0 saturated heterocycles. The molecule has 3 aromatic carbocycles. The van der Waals surface area contributed by atoms with Gasteiger partial charge in [0, 0.05) is 33.9 Å². The second-order valence-corrected chi connectivity index (χ2v) is 13.2. The number of hydrogen-bond donors (Lipinski definition) is 0. The summed E-state index contributed by atoms with van der Waals surface area (Å²) < 4.78 is 70.4. The average molecular weight is 545 g/mol. The number of rotatable bonds is 4. The quantitative estimate of drug-likeness (QED) is 0.282. The van der Waals surface area contributed by atoms with Crippen molar-refractivity contribution >= 4 is 41.0 Å². The van der Waals surface area contributed by atoms with Crippen molar-refractivity contribution in [2.24, 2.45) is 0 Å². The Morgan fingerprint density at radius 3 is 2.59 bits per heavy atom. The van der Waals surface area contributed by atoms with E-state index in [0.29, 0.717) is 27.2 Å². The predicted molar refractivity (Wildman–Crippen MR) is 140 cm³/mol. The molecule has 0 aliphatic carbocycles. The summed E-state index contributed by atoms with van der Waals surface area (Å²) in [6.07, 6.45) is 0.131. The summed E-state index contributed by atoms with van der Waals surface area (Å²) in [5.74, 6) is -0.626. The number of carbonyl (C=O) groups is 1. The van der Waals surface area contributed by atoms with E-state index in [4.69, 9.17) is 25.4 Å². The highest BCUT2D eigenvalue weighted by atomic mass is 35.5. The predicted octanol–water partition coefficient (Wildman–Crippen LogP) is 6.33. The number of fused-ring (bicyclic) bond motifs is 9. The maximum atomic E-state index is 13.6. The van der Waals surface area contributed by atoms with Crippen LogP contribution in [-0.4, -0.2) is 47.3 Å². The lowest BCUT2D eigenvalue weighted by Crippen LogP contribution is -2.30. The Morgan fingerprint density at radius 1 is 1.14 bits per heavy atom. The van der Waals surface area contributed by atoms with Crippen LogP contribution in [-0.2, 0) is 4.57 Å². The fourth-order valence-corrected chi connectivity index (χ4v) is 7.22. The molecule has 6 nitrogen and oxygen atoms in total. The van der Waals surface area contributed by atoms with Gasteiger partial charge in [-0.05, 0) is 60.9 Å². The topological polar surface area (TPSA) is 64.4 Å². The van der Waals surface area contributed by atoms with Crippen LogP contribution in [0.3, 0.4) is 0 Å². The molecule has 6 rings (SSSR count). The standard InChI is InChI=1S/C27H23ClF2N3O3P/c1-32-21-13-20(24-16(26(32)34)5-4-6-22(24)36-27(29)30)33-19-12-15(7-9-18(19)31-25(21)33)14-8-10-23(17(28)11-14)37(2,3)35/h4-12,20-21,27H,13H2,1-3H3/t20-,21-/m1/s1/i1D3. The third kappa shape index (κ3) is 3.77. The van der Waals surface area contributed by atoms with Crippen molar-refractivity contribution in [3.8, 4) is 16.9 Å². The Hall–Kier alpha value is -3.22. The Morgan fingerprint density at radius 2 is 1.89 bits per heavy atom. The number of benzene rings is 3. The normalized spacial score (nSPS) is 20.3. The summed E-state index contributed by atoms with van der Waals surface area (Å²) in [5, 5.41) is 0.957. The number of carbonyl (C=O) groups excluding carboxylic acids is 1. The summed E-state index contributed by atoms with van der Waals surface area (Å²) in [4.78, 5) is 19.1. The Balaban J connectivity index is 1.58. The van der Waals surface area contributed by atoms with Crippen LogP contribution in [0.1, 0.15) is 44.4 Å². The molecule has 1 amide bonds. The highest BCUT2D eigenvalue weighted by Crippen LogP contribution is 2.50. The smallest absolute Gasteiger partial charge is 0.387 e. The lowest BCUT2D eigenvalue weighted by atomic mass is 9.97. The van der Waals surface area contributed by atoms with Crippen molar-refractivity contribution < 1.29 is 27.0 Å². The number of amides is 1. The molecule has 1 aromatic heterocycles. The van der Waals surface area contributed by atoms with Gasteiger partial charge in [0.1, 0.15) is 18.7 Å². The van der Waals surface area contributed by atoms with Crippen molar-refractivity contribution in [3.05, 3.63) is 76.6 Å². The van der Waals surface area contributed by atoms with E-state index in [0.717, 1.165) is 16.0 Å². The first-order valence-corrected chi connectivity index (χ1v) is 14.5. The molecule has 2 bridgehead atoms. The zero-order chi connectivity index (χ0) is 28.7. The van der Waals surface area contributed by atoms with E-state index in [2.05, 4.69) is 0 Å². The third-order valence-corrected chi connectivity index (χ3v) is 9.01. The lowest BCUT2D eigenvalue weighted by molar-refractivity contribution is -0.0507. The molecule has 2 atom stereocenters. The van der Waals surface area contributed by atoms with Crippen molar-refractivity contribution in [2.75, 3.05) is 20.3 Å². The Kier molecular flexibility index (Phi) is 4.72. The Labute approximate surface area is 221 Å². The molecule has 2 aliphatic rings. The van der Waals surface area contributed by atoms with Crippen LogP contribution in [0.25, 0.3) is 22.2 Å².